The molecule has 0 amide bonds. The minimum atomic E-state index is -1.09. The molecule has 6 heteroatoms. The van der Waals surface area contributed by atoms with E-state index in [1.807, 2.05) is 0 Å². The van der Waals surface area contributed by atoms with E-state index >= 15 is 0 Å². The van der Waals surface area contributed by atoms with Crippen LogP contribution in [-0.2, 0) is 4.79 Å². The first kappa shape index (κ1) is 14.9. The molecule has 0 aliphatic rings. The van der Waals surface area contributed by atoms with Gasteiger partial charge in [0.2, 0.25) is 0 Å². The van der Waals surface area contributed by atoms with Gasteiger partial charge in [0.15, 0.2) is 0 Å². The maximum absolute atomic E-state index is 11.3. The molecule has 0 aromatic heterocycles. The van der Waals surface area contributed by atoms with Gasteiger partial charge in [-0.2, -0.15) is 0 Å². The second kappa shape index (κ2) is 4.87. The van der Waals surface area contributed by atoms with Gasteiger partial charge in [-0.25, -0.2) is 0 Å². The van der Waals surface area contributed by atoms with E-state index in [0.29, 0.717) is 5.69 Å². The molecule has 0 bridgehead atoms. The number of hydrogen-bond acceptors (Lipinski definition) is 4. The van der Waals surface area contributed by atoms with E-state index in [0.717, 1.165) is 0 Å². The highest BCUT2D eigenvalue weighted by atomic mass is 16.6. The standard InChI is InChI=1S/C13H18N2O4/c1-12(2,11(16)17)13(3,4)14-9-7-5-6-8-10(9)15(18)19/h5-8,14H,1-4H3,(H,16,17). The number of hydrogen-bond donors (Lipinski definition) is 2. The van der Waals surface area contributed by atoms with E-state index in [4.69, 9.17) is 0 Å². The summed E-state index contributed by atoms with van der Waals surface area (Å²) in [7, 11) is 0. The zero-order valence-electron chi connectivity index (χ0n) is 11.4. The Balaban J connectivity index is 3.15. The number of carbonyl (C=O) groups is 1. The van der Waals surface area contributed by atoms with Gasteiger partial charge in [0.05, 0.1) is 10.3 Å². The average molecular weight is 266 g/mol. The number of rotatable bonds is 5. The highest BCUT2D eigenvalue weighted by molar-refractivity contribution is 5.77. The van der Waals surface area contributed by atoms with Crippen LogP contribution in [0.15, 0.2) is 24.3 Å². The highest BCUT2D eigenvalue weighted by Gasteiger charge is 2.44. The number of nitrogens with zero attached hydrogens (tertiary/aromatic N) is 1. The van der Waals surface area contributed by atoms with Crippen LogP contribution in [0, 0.1) is 15.5 Å². The van der Waals surface area contributed by atoms with Gasteiger partial charge in [-0.1, -0.05) is 12.1 Å². The van der Waals surface area contributed by atoms with Crippen LogP contribution in [0.25, 0.3) is 0 Å². The van der Waals surface area contributed by atoms with Crippen LogP contribution in [-0.4, -0.2) is 21.5 Å². The molecule has 0 unspecified atom stereocenters. The summed E-state index contributed by atoms with van der Waals surface area (Å²) in [6, 6.07) is 6.18. The molecule has 2 N–H and O–H groups in total. The number of aliphatic carboxylic acids is 1. The Morgan fingerprint density at radius 2 is 1.79 bits per heavy atom. The van der Waals surface area contributed by atoms with Crippen LogP contribution in [0.3, 0.4) is 0 Å². The lowest BCUT2D eigenvalue weighted by atomic mass is 9.74. The number of benzene rings is 1. The van der Waals surface area contributed by atoms with Crippen molar-refractivity contribution in [2.75, 3.05) is 5.32 Å². The Kier molecular flexibility index (Phi) is 3.83. The molecule has 0 aliphatic heterocycles. The van der Waals surface area contributed by atoms with Crippen molar-refractivity contribution in [1.29, 1.82) is 0 Å². The van der Waals surface area contributed by atoms with Crippen LogP contribution in [0.4, 0.5) is 11.4 Å². The monoisotopic (exact) mass is 266 g/mol. The topological polar surface area (TPSA) is 92.5 Å². The fourth-order valence-corrected chi connectivity index (χ4v) is 1.50. The Labute approximate surface area is 111 Å². The summed E-state index contributed by atoms with van der Waals surface area (Å²) in [4.78, 5) is 21.7. The minimum Gasteiger partial charge on any atom is -0.481 e. The van der Waals surface area contributed by atoms with Gasteiger partial charge in [0, 0.05) is 11.6 Å². The van der Waals surface area contributed by atoms with Crippen molar-refractivity contribution in [3.8, 4) is 0 Å². The molecule has 6 nitrogen and oxygen atoms in total. The van der Waals surface area contributed by atoms with Gasteiger partial charge in [-0.05, 0) is 33.8 Å². The van der Waals surface area contributed by atoms with Crippen molar-refractivity contribution in [1.82, 2.24) is 0 Å². The van der Waals surface area contributed by atoms with Crippen molar-refractivity contribution < 1.29 is 14.8 Å². The summed E-state index contributed by atoms with van der Waals surface area (Å²) in [6.07, 6.45) is 0. The predicted octanol–water partition coefficient (Wildman–Crippen LogP) is 2.90. The maximum Gasteiger partial charge on any atom is 0.311 e. The number of carboxylic acids is 1. The molecule has 0 atom stereocenters. The average Bonchev–Trinajstić information content (AvgIpc) is 2.28. The molecule has 19 heavy (non-hydrogen) atoms. The molecule has 104 valence electrons. The van der Waals surface area contributed by atoms with E-state index < -0.39 is 21.8 Å². The predicted molar refractivity (Wildman–Crippen MR) is 72.2 cm³/mol. The molecule has 0 radical (unpaired) electrons. The Morgan fingerprint density at radius 3 is 2.26 bits per heavy atom. The van der Waals surface area contributed by atoms with Crippen LogP contribution in [0.2, 0.25) is 0 Å². The fourth-order valence-electron chi connectivity index (χ4n) is 1.50. The van der Waals surface area contributed by atoms with E-state index in [2.05, 4.69) is 5.32 Å². The first-order valence-electron chi connectivity index (χ1n) is 5.84. The summed E-state index contributed by atoms with van der Waals surface area (Å²) in [5.74, 6) is -0.969. The second-order valence-electron chi connectivity index (χ2n) is 5.45. The lowest BCUT2D eigenvalue weighted by molar-refractivity contribution is -0.384. The van der Waals surface area contributed by atoms with Gasteiger partial charge in [-0.15, -0.1) is 0 Å². The molecule has 0 saturated carbocycles. The van der Waals surface area contributed by atoms with E-state index in [1.54, 1.807) is 45.9 Å². The zero-order chi connectivity index (χ0) is 14.8. The minimum absolute atomic E-state index is 0.0724. The van der Waals surface area contributed by atoms with E-state index in [1.165, 1.54) is 6.07 Å². The van der Waals surface area contributed by atoms with Crippen molar-refractivity contribution in [2.45, 2.75) is 33.2 Å². The van der Waals surface area contributed by atoms with Crippen molar-refractivity contribution in [2.24, 2.45) is 5.41 Å². The summed E-state index contributed by atoms with van der Waals surface area (Å²) in [5.41, 5.74) is -1.70. The van der Waals surface area contributed by atoms with E-state index in [9.17, 15) is 20.0 Å². The van der Waals surface area contributed by atoms with Gasteiger partial charge < -0.3 is 10.4 Å². The van der Waals surface area contributed by atoms with Crippen LogP contribution in [0.1, 0.15) is 27.7 Å². The summed E-state index contributed by atoms with van der Waals surface area (Å²) in [5, 5.41) is 23.2. The molecular formula is C13H18N2O4. The van der Waals surface area contributed by atoms with Crippen molar-refractivity contribution >= 4 is 17.3 Å². The number of nitrogens with one attached hydrogen (secondary N) is 1. The molecule has 0 fully saturated rings. The third kappa shape index (κ3) is 2.83. The SMILES string of the molecule is CC(C)(Nc1ccccc1[N+](=O)[O-])C(C)(C)C(=O)O. The lowest BCUT2D eigenvalue weighted by Gasteiger charge is -2.39. The lowest BCUT2D eigenvalue weighted by Crippen LogP contribution is -2.50. The molecular weight excluding hydrogens is 248 g/mol. The first-order chi connectivity index (χ1) is 8.59. The van der Waals surface area contributed by atoms with Crippen LogP contribution in [0.5, 0.6) is 0 Å². The molecule has 1 aromatic rings. The molecule has 1 aromatic carbocycles. The molecule has 0 saturated heterocycles. The fraction of sp³-hybridized carbons (Fsp3) is 0.462. The second-order valence-corrected chi connectivity index (χ2v) is 5.45. The quantitative estimate of drug-likeness (QED) is 0.631. The first-order valence-corrected chi connectivity index (χ1v) is 5.84. The van der Waals surface area contributed by atoms with Crippen LogP contribution >= 0.6 is 0 Å². The number of para-hydroxylation sites is 2. The maximum atomic E-state index is 11.3. The molecule has 1 rings (SSSR count). The van der Waals surface area contributed by atoms with Gasteiger partial charge in [-0.3, -0.25) is 14.9 Å². The van der Waals surface area contributed by atoms with Gasteiger partial charge in [0.1, 0.15) is 5.69 Å². The zero-order valence-corrected chi connectivity index (χ0v) is 11.4. The third-order valence-corrected chi connectivity index (χ3v) is 3.65. The smallest absolute Gasteiger partial charge is 0.311 e. The molecule has 0 spiro atoms. The largest absolute Gasteiger partial charge is 0.481 e. The Morgan fingerprint density at radius 1 is 1.26 bits per heavy atom. The van der Waals surface area contributed by atoms with E-state index in [-0.39, 0.29) is 5.69 Å². The highest BCUT2D eigenvalue weighted by Crippen LogP contribution is 2.36. The summed E-state index contributed by atoms with van der Waals surface area (Å²) < 4.78 is 0. The van der Waals surface area contributed by atoms with Crippen LogP contribution < -0.4 is 5.32 Å². The molecule has 0 heterocycles. The normalized spacial score (nSPS) is 12.0. The van der Waals surface area contributed by atoms with Crippen molar-refractivity contribution in [3.63, 3.8) is 0 Å². The number of anilines is 1. The van der Waals surface area contributed by atoms with Gasteiger partial charge in [0.25, 0.3) is 5.69 Å². The number of nitro benzene ring substituents is 1. The molecule has 0 aliphatic carbocycles. The summed E-state index contributed by atoms with van der Waals surface area (Å²) in [6.45, 7) is 6.57. The third-order valence-electron chi connectivity index (χ3n) is 3.65. The summed E-state index contributed by atoms with van der Waals surface area (Å²) >= 11 is 0. The number of carboxylic acid groups (broad SMARTS) is 1. The van der Waals surface area contributed by atoms with Gasteiger partial charge >= 0.3 is 5.97 Å². The number of nitro groups is 1. The Bertz CT molecular complexity index is 509. The Hall–Kier alpha value is -2.11. The van der Waals surface area contributed by atoms with Crippen molar-refractivity contribution in [3.05, 3.63) is 34.4 Å².